The molecule has 1 saturated carbocycles. The van der Waals surface area contributed by atoms with Gasteiger partial charge >= 0.3 is 0 Å². The van der Waals surface area contributed by atoms with E-state index in [9.17, 15) is 0 Å². The number of hydrogen-bond donors (Lipinski definition) is 2. The van der Waals surface area contributed by atoms with Crippen LogP contribution in [-0.4, -0.2) is 62.8 Å². The number of aliphatic imine (C=N–C) groups is 1. The van der Waals surface area contributed by atoms with E-state index in [2.05, 4.69) is 34.4 Å². The maximum Gasteiger partial charge on any atom is 0.191 e. The highest BCUT2D eigenvalue weighted by molar-refractivity contribution is 5.80. The zero-order valence-electron chi connectivity index (χ0n) is 15.3. The molecule has 0 amide bonds. The zero-order valence-corrected chi connectivity index (χ0v) is 15.3. The summed E-state index contributed by atoms with van der Waals surface area (Å²) in [6.07, 6.45) is 7.85. The van der Waals surface area contributed by atoms with Gasteiger partial charge in [-0.05, 0) is 25.2 Å². The lowest BCUT2D eigenvalue weighted by atomic mass is 9.96. The summed E-state index contributed by atoms with van der Waals surface area (Å²) in [5.74, 6) is 1.68. The molecule has 0 radical (unpaired) electrons. The van der Waals surface area contributed by atoms with Gasteiger partial charge in [0.25, 0.3) is 0 Å². The van der Waals surface area contributed by atoms with Crippen LogP contribution in [0.4, 0.5) is 0 Å². The second-order valence-corrected chi connectivity index (χ2v) is 7.36. The summed E-state index contributed by atoms with van der Waals surface area (Å²) in [5.41, 5.74) is 0. The van der Waals surface area contributed by atoms with E-state index in [0.29, 0.717) is 18.0 Å². The fourth-order valence-corrected chi connectivity index (χ4v) is 3.70. The van der Waals surface area contributed by atoms with Crippen LogP contribution >= 0.6 is 0 Å². The third-order valence-electron chi connectivity index (χ3n) is 4.98. The van der Waals surface area contributed by atoms with Gasteiger partial charge in [-0.2, -0.15) is 0 Å². The van der Waals surface area contributed by atoms with Crippen molar-refractivity contribution >= 4 is 5.96 Å². The van der Waals surface area contributed by atoms with Crippen molar-refractivity contribution in [2.45, 2.75) is 64.5 Å². The number of nitrogens with zero attached hydrogens (tertiary/aromatic N) is 2. The Labute approximate surface area is 142 Å². The standard InChI is InChI=1S/C18H36N4O/c1-15(2)13-17(22-9-11-23-12-10-22)14-20-18(19-3)21-16-7-5-4-6-8-16/h15-17H,4-14H2,1-3H3,(H2,19,20,21). The third-order valence-corrected chi connectivity index (χ3v) is 4.98. The largest absolute Gasteiger partial charge is 0.379 e. The van der Waals surface area contributed by atoms with E-state index < -0.39 is 0 Å². The van der Waals surface area contributed by atoms with E-state index in [1.807, 2.05) is 7.05 Å². The smallest absolute Gasteiger partial charge is 0.191 e. The number of rotatable bonds is 6. The van der Waals surface area contributed by atoms with E-state index in [0.717, 1.165) is 38.8 Å². The van der Waals surface area contributed by atoms with Crippen molar-refractivity contribution in [1.82, 2.24) is 15.5 Å². The van der Waals surface area contributed by atoms with Crippen molar-refractivity contribution in [2.75, 3.05) is 39.9 Å². The molecule has 1 aliphatic carbocycles. The van der Waals surface area contributed by atoms with E-state index in [1.54, 1.807) is 0 Å². The first-order valence-corrected chi connectivity index (χ1v) is 9.48. The predicted molar refractivity (Wildman–Crippen MR) is 97.0 cm³/mol. The minimum absolute atomic E-state index is 0.559. The van der Waals surface area contributed by atoms with Crippen molar-refractivity contribution < 1.29 is 4.74 Å². The second-order valence-electron chi connectivity index (χ2n) is 7.36. The Hall–Kier alpha value is -0.810. The molecule has 2 aliphatic rings. The summed E-state index contributed by atoms with van der Waals surface area (Å²) in [6, 6.07) is 1.16. The lowest BCUT2D eigenvalue weighted by Gasteiger charge is -2.36. The molecule has 1 saturated heterocycles. The summed E-state index contributed by atoms with van der Waals surface area (Å²) in [6.45, 7) is 9.41. The Morgan fingerprint density at radius 1 is 1.17 bits per heavy atom. The molecule has 2 fully saturated rings. The monoisotopic (exact) mass is 324 g/mol. The van der Waals surface area contributed by atoms with Crippen LogP contribution in [0.5, 0.6) is 0 Å². The van der Waals surface area contributed by atoms with Crippen LogP contribution < -0.4 is 10.6 Å². The van der Waals surface area contributed by atoms with Gasteiger partial charge in [0.05, 0.1) is 13.2 Å². The molecule has 1 aliphatic heterocycles. The van der Waals surface area contributed by atoms with E-state index >= 15 is 0 Å². The molecule has 23 heavy (non-hydrogen) atoms. The first-order chi connectivity index (χ1) is 11.2. The van der Waals surface area contributed by atoms with Gasteiger partial charge in [0.15, 0.2) is 5.96 Å². The van der Waals surface area contributed by atoms with Crippen LogP contribution in [0.1, 0.15) is 52.4 Å². The summed E-state index contributed by atoms with van der Waals surface area (Å²) in [7, 11) is 1.88. The Bertz CT molecular complexity index is 347. The topological polar surface area (TPSA) is 48.9 Å². The summed E-state index contributed by atoms with van der Waals surface area (Å²) in [5, 5.41) is 7.19. The first-order valence-electron chi connectivity index (χ1n) is 9.48. The molecular weight excluding hydrogens is 288 g/mol. The number of guanidine groups is 1. The van der Waals surface area contributed by atoms with Crippen LogP contribution in [0, 0.1) is 5.92 Å². The lowest BCUT2D eigenvalue weighted by molar-refractivity contribution is 0.0132. The Kier molecular flexibility index (Phi) is 8.17. The van der Waals surface area contributed by atoms with Crippen LogP contribution in [-0.2, 0) is 4.74 Å². The molecule has 0 spiro atoms. The minimum Gasteiger partial charge on any atom is -0.379 e. The molecule has 2 N–H and O–H groups in total. The number of nitrogens with one attached hydrogen (secondary N) is 2. The SMILES string of the molecule is CN=C(NCC(CC(C)C)N1CCOCC1)NC1CCCCC1. The molecule has 0 bridgehead atoms. The molecule has 0 aromatic heterocycles. The zero-order chi connectivity index (χ0) is 16.5. The normalized spacial score (nSPS) is 23.0. The van der Waals surface area contributed by atoms with E-state index in [-0.39, 0.29) is 0 Å². The van der Waals surface area contributed by atoms with Gasteiger partial charge in [-0.15, -0.1) is 0 Å². The highest BCUT2D eigenvalue weighted by Gasteiger charge is 2.22. The molecule has 1 unspecified atom stereocenters. The summed E-state index contributed by atoms with van der Waals surface area (Å²) in [4.78, 5) is 7.00. The Morgan fingerprint density at radius 3 is 2.48 bits per heavy atom. The summed E-state index contributed by atoms with van der Waals surface area (Å²) < 4.78 is 5.50. The molecule has 5 heteroatoms. The van der Waals surface area contributed by atoms with Gasteiger partial charge in [0, 0.05) is 38.8 Å². The minimum atomic E-state index is 0.559. The van der Waals surface area contributed by atoms with Gasteiger partial charge in [-0.1, -0.05) is 33.1 Å². The first kappa shape index (κ1) is 18.5. The highest BCUT2D eigenvalue weighted by Crippen LogP contribution is 2.17. The molecule has 5 nitrogen and oxygen atoms in total. The van der Waals surface area contributed by atoms with Crippen LogP contribution in [0.2, 0.25) is 0 Å². The van der Waals surface area contributed by atoms with Crippen LogP contribution in [0.25, 0.3) is 0 Å². The maximum atomic E-state index is 5.50. The van der Waals surface area contributed by atoms with Crippen molar-refractivity contribution in [3.63, 3.8) is 0 Å². The number of hydrogen-bond acceptors (Lipinski definition) is 3. The molecule has 2 rings (SSSR count). The second kappa shape index (κ2) is 10.1. The Morgan fingerprint density at radius 2 is 1.87 bits per heavy atom. The van der Waals surface area contributed by atoms with Crippen molar-refractivity contribution in [1.29, 1.82) is 0 Å². The van der Waals surface area contributed by atoms with Gasteiger partial charge < -0.3 is 15.4 Å². The average Bonchev–Trinajstić information content (AvgIpc) is 2.58. The van der Waals surface area contributed by atoms with Crippen LogP contribution in [0.3, 0.4) is 0 Å². The Balaban J connectivity index is 1.82. The molecular formula is C18H36N4O. The number of ether oxygens (including phenoxy) is 1. The van der Waals surface area contributed by atoms with Gasteiger partial charge in [0.2, 0.25) is 0 Å². The van der Waals surface area contributed by atoms with Gasteiger partial charge in [0.1, 0.15) is 0 Å². The maximum absolute atomic E-state index is 5.50. The fraction of sp³-hybridized carbons (Fsp3) is 0.944. The van der Waals surface area contributed by atoms with Gasteiger partial charge in [-0.3, -0.25) is 9.89 Å². The fourth-order valence-electron chi connectivity index (χ4n) is 3.70. The van der Waals surface area contributed by atoms with Gasteiger partial charge in [-0.25, -0.2) is 0 Å². The van der Waals surface area contributed by atoms with Crippen LogP contribution in [0.15, 0.2) is 4.99 Å². The molecule has 0 aromatic rings. The van der Waals surface area contributed by atoms with Crippen molar-refractivity contribution in [3.8, 4) is 0 Å². The molecule has 134 valence electrons. The molecule has 1 atom stereocenters. The van der Waals surface area contributed by atoms with Crippen molar-refractivity contribution in [2.24, 2.45) is 10.9 Å². The highest BCUT2D eigenvalue weighted by atomic mass is 16.5. The third kappa shape index (κ3) is 6.68. The van der Waals surface area contributed by atoms with E-state index in [4.69, 9.17) is 4.74 Å². The lowest BCUT2D eigenvalue weighted by Crippen LogP contribution is -2.52. The van der Waals surface area contributed by atoms with E-state index in [1.165, 1.54) is 38.5 Å². The summed E-state index contributed by atoms with van der Waals surface area (Å²) >= 11 is 0. The predicted octanol–water partition coefficient (Wildman–Crippen LogP) is 2.23. The van der Waals surface area contributed by atoms with Crippen molar-refractivity contribution in [3.05, 3.63) is 0 Å². The number of morpholine rings is 1. The molecule has 1 heterocycles. The average molecular weight is 325 g/mol. The quantitative estimate of drug-likeness (QED) is 0.581. The molecule has 0 aromatic carbocycles.